The Kier molecular flexibility index (Phi) is 6.22. The van der Waals surface area contributed by atoms with Crippen molar-refractivity contribution in [3.63, 3.8) is 0 Å². The standard InChI is InChI=1S/C13H23ClN4/c1-10(2)18(3)9-5-4-8-16-13-11(15)6-7-12(14)17-13/h6-7,10H,4-5,8-9,15H2,1-3H3,(H,16,17). The lowest BCUT2D eigenvalue weighted by Crippen LogP contribution is -2.27. The maximum Gasteiger partial charge on any atom is 0.150 e. The highest BCUT2D eigenvalue weighted by atomic mass is 35.5. The van der Waals surface area contributed by atoms with Crippen molar-refractivity contribution in [2.45, 2.75) is 32.7 Å². The van der Waals surface area contributed by atoms with E-state index in [1.807, 2.05) is 0 Å². The largest absolute Gasteiger partial charge is 0.396 e. The molecule has 0 saturated carbocycles. The number of anilines is 2. The fraction of sp³-hybridized carbons (Fsp3) is 0.615. The van der Waals surface area contributed by atoms with Crippen LogP contribution in [-0.4, -0.2) is 36.1 Å². The van der Waals surface area contributed by atoms with Gasteiger partial charge in [-0.3, -0.25) is 0 Å². The molecule has 0 amide bonds. The highest BCUT2D eigenvalue weighted by Crippen LogP contribution is 2.18. The third-order valence-corrected chi connectivity index (χ3v) is 3.21. The van der Waals surface area contributed by atoms with Gasteiger partial charge >= 0.3 is 0 Å². The van der Waals surface area contributed by atoms with Crippen molar-refractivity contribution >= 4 is 23.1 Å². The van der Waals surface area contributed by atoms with Crippen LogP contribution in [0.15, 0.2) is 12.1 Å². The predicted octanol–water partition coefficient (Wildman–Crippen LogP) is 2.85. The molecule has 0 atom stereocenters. The number of nitrogens with zero attached hydrogens (tertiary/aromatic N) is 2. The van der Waals surface area contributed by atoms with Gasteiger partial charge in [0.15, 0.2) is 5.82 Å². The Morgan fingerprint density at radius 3 is 2.78 bits per heavy atom. The van der Waals surface area contributed by atoms with Gasteiger partial charge in [0, 0.05) is 12.6 Å². The summed E-state index contributed by atoms with van der Waals surface area (Å²) in [4.78, 5) is 6.49. The summed E-state index contributed by atoms with van der Waals surface area (Å²) in [6.07, 6.45) is 2.24. The molecule has 1 heterocycles. The molecule has 0 bridgehead atoms. The minimum Gasteiger partial charge on any atom is -0.396 e. The molecule has 0 spiro atoms. The maximum absolute atomic E-state index is 5.82. The molecule has 0 unspecified atom stereocenters. The second-order valence-electron chi connectivity index (χ2n) is 4.78. The SMILES string of the molecule is CC(C)N(C)CCCCNc1nc(Cl)ccc1N. The lowest BCUT2D eigenvalue weighted by molar-refractivity contribution is 0.269. The zero-order valence-electron chi connectivity index (χ0n) is 11.4. The molecule has 102 valence electrons. The highest BCUT2D eigenvalue weighted by Gasteiger charge is 2.03. The van der Waals surface area contributed by atoms with Crippen LogP contribution in [-0.2, 0) is 0 Å². The summed E-state index contributed by atoms with van der Waals surface area (Å²) in [5.41, 5.74) is 6.44. The molecule has 0 aliphatic carbocycles. The molecular formula is C13H23ClN4. The Bertz CT molecular complexity index is 368. The smallest absolute Gasteiger partial charge is 0.150 e. The lowest BCUT2D eigenvalue weighted by atomic mass is 10.2. The van der Waals surface area contributed by atoms with Crippen LogP contribution < -0.4 is 11.1 Å². The van der Waals surface area contributed by atoms with Crippen molar-refractivity contribution in [1.82, 2.24) is 9.88 Å². The maximum atomic E-state index is 5.82. The minimum atomic E-state index is 0.464. The minimum absolute atomic E-state index is 0.464. The van der Waals surface area contributed by atoms with Crippen LogP contribution in [0.5, 0.6) is 0 Å². The molecular weight excluding hydrogens is 248 g/mol. The third-order valence-electron chi connectivity index (χ3n) is 3.00. The van der Waals surface area contributed by atoms with Gasteiger partial charge in [0.25, 0.3) is 0 Å². The summed E-state index contributed by atoms with van der Waals surface area (Å²) >= 11 is 5.82. The summed E-state index contributed by atoms with van der Waals surface area (Å²) in [7, 11) is 2.15. The van der Waals surface area contributed by atoms with Crippen LogP contribution in [0.2, 0.25) is 5.15 Å². The Labute approximate surface area is 115 Å². The third kappa shape index (κ3) is 5.10. The number of hydrogen-bond donors (Lipinski definition) is 2. The molecule has 4 nitrogen and oxygen atoms in total. The number of nitrogens with one attached hydrogen (secondary N) is 1. The molecule has 0 aromatic carbocycles. The average Bonchev–Trinajstić information content (AvgIpc) is 2.32. The molecule has 0 saturated heterocycles. The van der Waals surface area contributed by atoms with Gasteiger partial charge in [-0.1, -0.05) is 11.6 Å². The van der Waals surface area contributed by atoms with Crippen LogP contribution >= 0.6 is 11.6 Å². The van der Waals surface area contributed by atoms with E-state index in [1.165, 1.54) is 0 Å². The zero-order valence-corrected chi connectivity index (χ0v) is 12.2. The number of hydrogen-bond acceptors (Lipinski definition) is 4. The van der Waals surface area contributed by atoms with E-state index < -0.39 is 0 Å². The molecule has 3 N–H and O–H groups in total. The zero-order chi connectivity index (χ0) is 13.5. The summed E-state index contributed by atoms with van der Waals surface area (Å²) in [6.45, 7) is 6.38. The number of nitrogens with two attached hydrogens (primary N) is 1. The van der Waals surface area contributed by atoms with E-state index in [-0.39, 0.29) is 0 Å². The number of halogens is 1. The second-order valence-corrected chi connectivity index (χ2v) is 5.17. The number of aromatic nitrogens is 1. The lowest BCUT2D eigenvalue weighted by Gasteiger charge is -2.20. The van der Waals surface area contributed by atoms with E-state index in [9.17, 15) is 0 Å². The monoisotopic (exact) mass is 270 g/mol. The van der Waals surface area contributed by atoms with Gasteiger partial charge in [0.05, 0.1) is 5.69 Å². The Morgan fingerprint density at radius 1 is 1.39 bits per heavy atom. The number of nitrogen functional groups attached to an aromatic ring is 1. The Hall–Kier alpha value is -1.00. The summed E-state index contributed by atoms with van der Waals surface area (Å²) in [5.74, 6) is 0.680. The van der Waals surface area contributed by atoms with Gasteiger partial charge in [-0.2, -0.15) is 0 Å². The van der Waals surface area contributed by atoms with Crippen LogP contribution in [0, 0.1) is 0 Å². The van der Waals surface area contributed by atoms with E-state index in [2.05, 4.69) is 36.1 Å². The van der Waals surface area contributed by atoms with E-state index >= 15 is 0 Å². The molecule has 1 aromatic heterocycles. The summed E-state index contributed by atoms with van der Waals surface area (Å²) in [5, 5.41) is 3.68. The van der Waals surface area contributed by atoms with Crippen LogP contribution in [0.25, 0.3) is 0 Å². The fourth-order valence-corrected chi connectivity index (χ4v) is 1.69. The molecule has 5 heteroatoms. The van der Waals surface area contributed by atoms with Crippen LogP contribution in [0.4, 0.5) is 11.5 Å². The van der Waals surface area contributed by atoms with E-state index in [0.717, 1.165) is 25.9 Å². The van der Waals surface area contributed by atoms with Crippen LogP contribution in [0.3, 0.4) is 0 Å². The van der Waals surface area contributed by atoms with Crippen molar-refractivity contribution in [2.24, 2.45) is 0 Å². The Morgan fingerprint density at radius 2 is 2.11 bits per heavy atom. The molecule has 0 aliphatic heterocycles. The van der Waals surface area contributed by atoms with Gasteiger partial charge < -0.3 is 16.0 Å². The van der Waals surface area contributed by atoms with Gasteiger partial charge in [-0.05, 0) is 52.4 Å². The predicted molar refractivity (Wildman–Crippen MR) is 79.1 cm³/mol. The number of rotatable bonds is 7. The molecule has 18 heavy (non-hydrogen) atoms. The van der Waals surface area contributed by atoms with Crippen molar-refractivity contribution in [3.05, 3.63) is 17.3 Å². The highest BCUT2D eigenvalue weighted by molar-refractivity contribution is 6.29. The Balaban J connectivity index is 2.24. The van der Waals surface area contributed by atoms with E-state index in [0.29, 0.717) is 22.7 Å². The van der Waals surface area contributed by atoms with Crippen molar-refractivity contribution in [3.8, 4) is 0 Å². The average molecular weight is 271 g/mol. The first-order valence-corrected chi connectivity index (χ1v) is 6.74. The first kappa shape index (κ1) is 15.1. The van der Waals surface area contributed by atoms with Gasteiger partial charge in [0.2, 0.25) is 0 Å². The summed E-state index contributed by atoms with van der Waals surface area (Å²) < 4.78 is 0. The van der Waals surface area contributed by atoms with Gasteiger partial charge in [-0.15, -0.1) is 0 Å². The van der Waals surface area contributed by atoms with Gasteiger partial charge in [0.1, 0.15) is 5.15 Å². The number of unbranched alkanes of at least 4 members (excludes halogenated alkanes) is 1. The summed E-state index contributed by atoms with van der Waals surface area (Å²) in [6, 6.07) is 4.06. The second kappa shape index (κ2) is 7.44. The van der Waals surface area contributed by atoms with Crippen molar-refractivity contribution < 1.29 is 0 Å². The first-order valence-electron chi connectivity index (χ1n) is 6.37. The molecule has 0 aliphatic rings. The topological polar surface area (TPSA) is 54.2 Å². The molecule has 1 rings (SSSR count). The molecule has 1 aromatic rings. The van der Waals surface area contributed by atoms with Gasteiger partial charge in [-0.25, -0.2) is 4.98 Å². The van der Waals surface area contributed by atoms with Crippen molar-refractivity contribution in [1.29, 1.82) is 0 Å². The fourth-order valence-electron chi connectivity index (χ4n) is 1.54. The number of pyridine rings is 1. The quantitative estimate of drug-likeness (QED) is 0.591. The van der Waals surface area contributed by atoms with Crippen LogP contribution in [0.1, 0.15) is 26.7 Å². The van der Waals surface area contributed by atoms with E-state index in [1.54, 1.807) is 12.1 Å². The molecule has 0 radical (unpaired) electrons. The van der Waals surface area contributed by atoms with Crippen molar-refractivity contribution in [2.75, 3.05) is 31.2 Å². The van der Waals surface area contributed by atoms with E-state index in [4.69, 9.17) is 17.3 Å². The normalized spacial score (nSPS) is 11.2. The molecule has 0 fully saturated rings. The first-order chi connectivity index (χ1) is 8.50.